The fourth-order valence-electron chi connectivity index (χ4n) is 1.49. The van der Waals surface area contributed by atoms with E-state index in [1.165, 1.54) is 36.0 Å². The van der Waals surface area contributed by atoms with E-state index in [1.807, 2.05) is 6.26 Å². The third kappa shape index (κ3) is 3.30. The van der Waals surface area contributed by atoms with E-state index < -0.39 is 11.2 Å². The predicted molar refractivity (Wildman–Crippen MR) is 73.1 cm³/mol. The summed E-state index contributed by atoms with van der Waals surface area (Å²) in [6.07, 6.45) is 3.39. The van der Waals surface area contributed by atoms with Crippen molar-refractivity contribution in [2.75, 3.05) is 6.26 Å². The molecule has 3 nitrogen and oxygen atoms in total. The molecule has 1 aromatic carbocycles. The number of benzene rings is 1. The highest BCUT2D eigenvalue weighted by atomic mass is 35.5. The van der Waals surface area contributed by atoms with E-state index in [0.717, 1.165) is 0 Å². The molecule has 6 heteroatoms. The number of hydrogen-bond acceptors (Lipinski definition) is 4. The van der Waals surface area contributed by atoms with Crippen molar-refractivity contribution in [2.45, 2.75) is 10.5 Å². The molecule has 2 rings (SSSR count). The van der Waals surface area contributed by atoms with Crippen molar-refractivity contribution in [3.05, 3.63) is 53.6 Å². The van der Waals surface area contributed by atoms with E-state index in [0.29, 0.717) is 16.4 Å². The lowest BCUT2D eigenvalue weighted by Gasteiger charge is -2.08. The van der Waals surface area contributed by atoms with Gasteiger partial charge in [0.15, 0.2) is 10.9 Å². The summed E-state index contributed by atoms with van der Waals surface area (Å²) in [5.74, 6) is -0.707. The minimum Gasteiger partial charge on any atom is -0.292 e. The van der Waals surface area contributed by atoms with Crippen LogP contribution in [0, 0.1) is 5.82 Å². The Morgan fingerprint density at radius 1 is 1.32 bits per heavy atom. The summed E-state index contributed by atoms with van der Waals surface area (Å²) < 4.78 is 12.8. The van der Waals surface area contributed by atoms with Crippen LogP contribution in [0.2, 0.25) is 0 Å². The van der Waals surface area contributed by atoms with E-state index in [4.69, 9.17) is 11.6 Å². The second-order valence-corrected chi connectivity index (χ2v) is 4.91. The number of aromatic nitrogens is 2. The van der Waals surface area contributed by atoms with E-state index in [-0.39, 0.29) is 5.78 Å². The molecule has 0 spiro atoms. The van der Waals surface area contributed by atoms with Gasteiger partial charge in [0, 0.05) is 11.8 Å². The van der Waals surface area contributed by atoms with Gasteiger partial charge in [-0.05, 0) is 36.6 Å². The zero-order valence-corrected chi connectivity index (χ0v) is 11.6. The van der Waals surface area contributed by atoms with E-state index in [2.05, 4.69) is 9.97 Å². The summed E-state index contributed by atoms with van der Waals surface area (Å²) in [6.45, 7) is 0. The average Bonchev–Trinajstić information content (AvgIpc) is 2.46. The first-order chi connectivity index (χ1) is 9.11. The summed E-state index contributed by atoms with van der Waals surface area (Å²) in [6, 6.07) is 6.86. The molecule has 0 fully saturated rings. The van der Waals surface area contributed by atoms with Crippen LogP contribution in [0.3, 0.4) is 0 Å². The van der Waals surface area contributed by atoms with Crippen LogP contribution < -0.4 is 0 Å². The monoisotopic (exact) mass is 296 g/mol. The van der Waals surface area contributed by atoms with Crippen molar-refractivity contribution in [3.8, 4) is 0 Å². The first-order valence-electron chi connectivity index (χ1n) is 5.42. The third-order valence-corrected chi connectivity index (χ3v) is 3.44. The molecule has 0 aliphatic heterocycles. The second kappa shape index (κ2) is 6.12. The van der Waals surface area contributed by atoms with Gasteiger partial charge in [0.1, 0.15) is 11.2 Å². The molecule has 0 radical (unpaired) electrons. The van der Waals surface area contributed by atoms with Gasteiger partial charge in [-0.1, -0.05) is 11.8 Å². The molecule has 0 N–H and O–H groups in total. The van der Waals surface area contributed by atoms with Gasteiger partial charge in [-0.25, -0.2) is 14.4 Å². The van der Waals surface area contributed by atoms with Crippen molar-refractivity contribution in [1.29, 1.82) is 0 Å². The van der Waals surface area contributed by atoms with Crippen LogP contribution in [0.15, 0.2) is 41.7 Å². The maximum absolute atomic E-state index is 12.8. The number of ketones is 1. The van der Waals surface area contributed by atoms with Gasteiger partial charge in [-0.3, -0.25) is 4.79 Å². The average molecular weight is 297 g/mol. The van der Waals surface area contributed by atoms with Crippen LogP contribution in [0.25, 0.3) is 0 Å². The van der Waals surface area contributed by atoms with Gasteiger partial charge < -0.3 is 0 Å². The van der Waals surface area contributed by atoms with Crippen molar-refractivity contribution >= 4 is 29.1 Å². The first kappa shape index (κ1) is 14.0. The number of alkyl halides is 1. The number of nitrogens with zero attached hydrogens (tertiary/aromatic N) is 2. The van der Waals surface area contributed by atoms with E-state index in [1.54, 1.807) is 12.3 Å². The highest BCUT2D eigenvalue weighted by molar-refractivity contribution is 7.98. The van der Waals surface area contributed by atoms with Gasteiger partial charge in [-0.15, -0.1) is 11.6 Å². The molecule has 2 aromatic rings. The summed E-state index contributed by atoms with van der Waals surface area (Å²) in [5.41, 5.74) is 0.793. The standard InChI is InChI=1S/C13H10ClFN2OS/c1-19-13-16-7-6-10(17-13)11(14)12(18)8-2-4-9(15)5-3-8/h2-7,11H,1H3. The highest BCUT2D eigenvalue weighted by Gasteiger charge is 2.21. The minimum absolute atomic E-state index is 0.313. The lowest BCUT2D eigenvalue weighted by Crippen LogP contribution is -2.09. The molecule has 1 atom stereocenters. The SMILES string of the molecule is CSc1nccc(C(Cl)C(=O)c2ccc(F)cc2)n1. The molecule has 0 aliphatic carbocycles. The maximum Gasteiger partial charge on any atom is 0.187 e. The fraction of sp³-hybridized carbons (Fsp3) is 0.154. The zero-order chi connectivity index (χ0) is 13.8. The zero-order valence-electron chi connectivity index (χ0n) is 10.0. The lowest BCUT2D eigenvalue weighted by molar-refractivity contribution is 0.0985. The number of carbonyl (C=O) groups excluding carboxylic acids is 1. The van der Waals surface area contributed by atoms with Crippen LogP contribution in [-0.2, 0) is 0 Å². The van der Waals surface area contributed by atoms with Gasteiger partial charge in [0.05, 0.1) is 5.69 Å². The lowest BCUT2D eigenvalue weighted by atomic mass is 10.1. The summed E-state index contributed by atoms with van der Waals surface area (Å²) >= 11 is 7.49. The minimum atomic E-state index is -0.903. The number of Topliss-reactive ketones (excluding diaryl/α,β-unsaturated/α-hetero) is 1. The summed E-state index contributed by atoms with van der Waals surface area (Å²) in [7, 11) is 0. The molecule has 98 valence electrons. The van der Waals surface area contributed by atoms with Crippen molar-refractivity contribution in [1.82, 2.24) is 9.97 Å². The Morgan fingerprint density at radius 3 is 2.63 bits per heavy atom. The Hall–Kier alpha value is -1.46. The number of hydrogen-bond donors (Lipinski definition) is 0. The second-order valence-electron chi connectivity index (χ2n) is 3.70. The van der Waals surface area contributed by atoms with Crippen molar-refractivity contribution in [3.63, 3.8) is 0 Å². The molecule has 1 unspecified atom stereocenters. The highest BCUT2D eigenvalue weighted by Crippen LogP contribution is 2.24. The molecule has 0 aliphatic rings. The molecular weight excluding hydrogens is 287 g/mol. The normalized spacial score (nSPS) is 12.2. The van der Waals surface area contributed by atoms with Crippen LogP contribution in [0.1, 0.15) is 21.4 Å². The summed E-state index contributed by atoms with van der Waals surface area (Å²) in [5, 5.41) is -0.352. The molecule has 0 saturated heterocycles. The van der Waals surface area contributed by atoms with Crippen LogP contribution in [-0.4, -0.2) is 22.0 Å². The molecule has 0 bridgehead atoms. The molecule has 1 heterocycles. The van der Waals surface area contributed by atoms with Crippen molar-refractivity contribution in [2.24, 2.45) is 0 Å². The molecule has 19 heavy (non-hydrogen) atoms. The molecular formula is C13H10ClFN2OS. The Labute approximate surface area is 119 Å². The topological polar surface area (TPSA) is 42.9 Å². The van der Waals surface area contributed by atoms with E-state index >= 15 is 0 Å². The number of carbonyl (C=O) groups is 1. The number of halogens is 2. The van der Waals surface area contributed by atoms with Crippen LogP contribution >= 0.6 is 23.4 Å². The summed E-state index contributed by atoms with van der Waals surface area (Å²) in [4.78, 5) is 20.3. The molecule has 1 aromatic heterocycles. The number of thioether (sulfide) groups is 1. The Morgan fingerprint density at radius 2 is 2.00 bits per heavy atom. The smallest absolute Gasteiger partial charge is 0.187 e. The predicted octanol–water partition coefficient (Wildman–Crippen LogP) is 3.50. The Kier molecular flexibility index (Phi) is 4.50. The van der Waals surface area contributed by atoms with Gasteiger partial charge in [-0.2, -0.15) is 0 Å². The van der Waals surface area contributed by atoms with Gasteiger partial charge in [0.2, 0.25) is 0 Å². The van der Waals surface area contributed by atoms with Gasteiger partial charge >= 0.3 is 0 Å². The van der Waals surface area contributed by atoms with Crippen LogP contribution in [0.4, 0.5) is 4.39 Å². The molecule has 0 amide bonds. The maximum atomic E-state index is 12.8. The Bertz CT molecular complexity index is 591. The Balaban J connectivity index is 2.25. The van der Waals surface area contributed by atoms with Gasteiger partial charge in [0.25, 0.3) is 0 Å². The van der Waals surface area contributed by atoms with Crippen LogP contribution in [0.5, 0.6) is 0 Å². The first-order valence-corrected chi connectivity index (χ1v) is 7.08. The largest absolute Gasteiger partial charge is 0.292 e. The van der Waals surface area contributed by atoms with Crippen molar-refractivity contribution < 1.29 is 9.18 Å². The third-order valence-electron chi connectivity index (χ3n) is 2.46. The fourth-order valence-corrected chi connectivity index (χ4v) is 2.10. The molecule has 0 saturated carbocycles. The number of rotatable bonds is 4. The van der Waals surface area contributed by atoms with E-state index in [9.17, 15) is 9.18 Å². The quantitative estimate of drug-likeness (QED) is 0.375.